The van der Waals surface area contributed by atoms with Crippen LogP contribution in [0.4, 0.5) is 24.5 Å². The Balaban J connectivity index is 1.86. The van der Waals surface area contributed by atoms with Gasteiger partial charge in [0.15, 0.2) is 0 Å². The van der Waals surface area contributed by atoms with Crippen molar-refractivity contribution >= 4 is 38.9 Å². The van der Waals surface area contributed by atoms with Gasteiger partial charge in [-0.1, -0.05) is 35.4 Å². The Morgan fingerprint density at radius 1 is 0.935 bits per heavy atom. The number of hydrogen-bond acceptors (Lipinski definition) is 3. The smallest absolute Gasteiger partial charge is 0.322 e. The summed E-state index contributed by atoms with van der Waals surface area (Å²) in [6.45, 7) is 1.85. The molecule has 0 aliphatic rings. The van der Waals surface area contributed by atoms with Gasteiger partial charge in [0, 0.05) is 16.9 Å². The van der Waals surface area contributed by atoms with E-state index in [1.807, 2.05) is 6.92 Å². The zero-order valence-corrected chi connectivity index (χ0v) is 17.6. The number of benzene rings is 3. The minimum absolute atomic E-state index is 0.0861. The average Bonchev–Trinajstić information content (AvgIpc) is 2.69. The van der Waals surface area contributed by atoms with Gasteiger partial charge in [0.1, 0.15) is 4.90 Å². The molecule has 0 bridgehead atoms. The number of alkyl halides is 3. The standard InChI is InChI=1S/C21H16ClF3N2O3S/c1-13-5-8-16(9-6-13)27-31(29,30)19-11-14(7-10-18(19)22)20(28)26-17-4-2-3-15(12-17)21(23,24)25/h2-12,27H,1H3,(H,26,28). The molecule has 0 saturated heterocycles. The highest BCUT2D eigenvalue weighted by molar-refractivity contribution is 7.92. The summed E-state index contributed by atoms with van der Waals surface area (Å²) in [4.78, 5) is 12.2. The Kier molecular flexibility index (Phi) is 6.28. The van der Waals surface area contributed by atoms with Crippen molar-refractivity contribution < 1.29 is 26.4 Å². The number of aryl methyl sites for hydroxylation is 1. The lowest BCUT2D eigenvalue weighted by Crippen LogP contribution is -2.17. The van der Waals surface area contributed by atoms with E-state index in [9.17, 15) is 26.4 Å². The summed E-state index contributed by atoms with van der Waals surface area (Å²) in [6, 6.07) is 14.3. The van der Waals surface area contributed by atoms with Crippen molar-refractivity contribution in [1.29, 1.82) is 0 Å². The van der Waals surface area contributed by atoms with Crippen LogP contribution in [0.5, 0.6) is 0 Å². The summed E-state index contributed by atoms with van der Waals surface area (Å²) in [7, 11) is -4.12. The lowest BCUT2D eigenvalue weighted by Gasteiger charge is -2.12. The Hall–Kier alpha value is -3.04. The molecule has 5 nitrogen and oxygen atoms in total. The third kappa shape index (κ3) is 5.56. The SMILES string of the molecule is Cc1ccc(NS(=O)(=O)c2cc(C(=O)Nc3cccc(C(F)(F)F)c3)ccc2Cl)cc1. The number of halogens is 4. The number of sulfonamides is 1. The number of anilines is 2. The summed E-state index contributed by atoms with van der Waals surface area (Å²) >= 11 is 6.03. The normalized spacial score (nSPS) is 11.8. The summed E-state index contributed by atoms with van der Waals surface area (Å²) < 4.78 is 66.4. The van der Waals surface area contributed by atoms with Gasteiger partial charge in [0.05, 0.1) is 10.6 Å². The van der Waals surface area contributed by atoms with Crippen LogP contribution in [0.15, 0.2) is 71.6 Å². The van der Waals surface area contributed by atoms with E-state index in [0.717, 1.165) is 29.8 Å². The van der Waals surface area contributed by atoms with Gasteiger partial charge in [-0.05, 0) is 55.5 Å². The highest BCUT2D eigenvalue weighted by Crippen LogP contribution is 2.31. The fourth-order valence-electron chi connectivity index (χ4n) is 2.66. The molecule has 0 radical (unpaired) electrons. The third-order valence-corrected chi connectivity index (χ3v) is 6.10. The lowest BCUT2D eigenvalue weighted by atomic mass is 10.1. The van der Waals surface area contributed by atoms with Crippen molar-refractivity contribution in [3.63, 3.8) is 0 Å². The largest absolute Gasteiger partial charge is 0.416 e. The Labute approximate surface area is 181 Å². The van der Waals surface area contributed by atoms with Gasteiger partial charge in [0.25, 0.3) is 15.9 Å². The van der Waals surface area contributed by atoms with E-state index in [1.165, 1.54) is 18.2 Å². The molecule has 31 heavy (non-hydrogen) atoms. The fourth-order valence-corrected chi connectivity index (χ4v) is 4.24. The first-order chi connectivity index (χ1) is 14.5. The number of hydrogen-bond donors (Lipinski definition) is 2. The lowest BCUT2D eigenvalue weighted by molar-refractivity contribution is -0.137. The molecule has 2 N–H and O–H groups in total. The number of nitrogens with one attached hydrogen (secondary N) is 2. The van der Waals surface area contributed by atoms with Gasteiger partial charge in [-0.15, -0.1) is 0 Å². The first kappa shape index (κ1) is 22.6. The Morgan fingerprint density at radius 2 is 1.61 bits per heavy atom. The first-order valence-electron chi connectivity index (χ1n) is 8.83. The molecule has 0 spiro atoms. The number of carbonyl (C=O) groups is 1. The highest BCUT2D eigenvalue weighted by atomic mass is 35.5. The van der Waals surface area contributed by atoms with Gasteiger partial charge in [-0.25, -0.2) is 8.42 Å². The maximum absolute atomic E-state index is 12.9. The van der Waals surface area contributed by atoms with Crippen molar-refractivity contribution in [3.05, 3.63) is 88.4 Å². The molecular weight excluding hydrogens is 453 g/mol. The molecule has 162 valence electrons. The van der Waals surface area contributed by atoms with Crippen LogP contribution in [-0.2, 0) is 16.2 Å². The monoisotopic (exact) mass is 468 g/mol. The van der Waals surface area contributed by atoms with E-state index in [4.69, 9.17) is 11.6 Å². The van der Waals surface area contributed by atoms with E-state index in [1.54, 1.807) is 24.3 Å². The molecule has 0 heterocycles. The molecule has 3 aromatic carbocycles. The van der Waals surface area contributed by atoms with E-state index >= 15 is 0 Å². The van der Waals surface area contributed by atoms with Crippen molar-refractivity contribution in [1.82, 2.24) is 0 Å². The van der Waals surface area contributed by atoms with Crippen LogP contribution in [0.1, 0.15) is 21.5 Å². The van der Waals surface area contributed by atoms with Gasteiger partial charge in [-0.2, -0.15) is 13.2 Å². The third-order valence-electron chi connectivity index (χ3n) is 4.23. The molecule has 0 saturated carbocycles. The average molecular weight is 469 g/mol. The van der Waals surface area contributed by atoms with Crippen molar-refractivity contribution in [2.75, 3.05) is 10.0 Å². The van der Waals surface area contributed by atoms with Crippen LogP contribution >= 0.6 is 11.6 Å². The molecule has 1 amide bonds. The summed E-state index contributed by atoms with van der Waals surface area (Å²) in [6.07, 6.45) is -4.57. The Morgan fingerprint density at radius 3 is 2.26 bits per heavy atom. The van der Waals surface area contributed by atoms with Gasteiger partial charge < -0.3 is 5.32 Å². The molecule has 0 aliphatic carbocycles. The number of carbonyl (C=O) groups excluding carboxylic acids is 1. The summed E-state index contributed by atoms with van der Waals surface area (Å²) in [5.41, 5.74) is 0.143. The summed E-state index contributed by atoms with van der Waals surface area (Å²) in [5, 5.41) is 2.21. The minimum Gasteiger partial charge on any atom is -0.322 e. The second-order valence-corrected chi connectivity index (χ2v) is 8.71. The van der Waals surface area contributed by atoms with Gasteiger partial charge in [-0.3, -0.25) is 9.52 Å². The van der Waals surface area contributed by atoms with Gasteiger partial charge in [0.2, 0.25) is 0 Å². The van der Waals surface area contributed by atoms with Gasteiger partial charge >= 0.3 is 6.18 Å². The zero-order chi connectivity index (χ0) is 22.8. The van der Waals surface area contributed by atoms with Crippen LogP contribution in [0.25, 0.3) is 0 Å². The maximum Gasteiger partial charge on any atom is 0.416 e. The zero-order valence-electron chi connectivity index (χ0n) is 16.0. The maximum atomic E-state index is 12.9. The first-order valence-corrected chi connectivity index (χ1v) is 10.7. The van der Waals surface area contributed by atoms with Crippen LogP contribution in [0.2, 0.25) is 5.02 Å². The quantitative estimate of drug-likeness (QED) is 0.503. The van der Waals surface area contributed by atoms with Crippen LogP contribution < -0.4 is 10.0 Å². The second-order valence-electron chi connectivity index (χ2n) is 6.65. The minimum atomic E-state index is -4.57. The molecule has 0 fully saturated rings. The second kappa shape index (κ2) is 8.60. The number of amides is 1. The summed E-state index contributed by atoms with van der Waals surface area (Å²) in [5.74, 6) is -0.789. The molecular formula is C21H16ClF3N2O3S. The van der Waals surface area contributed by atoms with Crippen LogP contribution in [0, 0.1) is 6.92 Å². The van der Waals surface area contributed by atoms with Crippen molar-refractivity contribution in [2.45, 2.75) is 18.0 Å². The fraction of sp³-hybridized carbons (Fsp3) is 0.0952. The molecule has 3 rings (SSSR count). The van der Waals surface area contributed by atoms with Crippen molar-refractivity contribution in [3.8, 4) is 0 Å². The highest BCUT2D eigenvalue weighted by Gasteiger charge is 2.30. The molecule has 3 aromatic rings. The predicted molar refractivity (Wildman–Crippen MR) is 113 cm³/mol. The molecule has 0 atom stereocenters. The topological polar surface area (TPSA) is 75.3 Å². The Bertz CT molecular complexity index is 1230. The van der Waals surface area contributed by atoms with Crippen molar-refractivity contribution in [2.24, 2.45) is 0 Å². The molecule has 0 aromatic heterocycles. The molecule has 0 unspecified atom stereocenters. The van der Waals surface area contributed by atoms with E-state index in [0.29, 0.717) is 5.69 Å². The molecule has 0 aliphatic heterocycles. The molecule has 10 heteroatoms. The van der Waals surface area contributed by atoms with Crippen LogP contribution in [-0.4, -0.2) is 14.3 Å². The van der Waals surface area contributed by atoms with Crippen LogP contribution in [0.3, 0.4) is 0 Å². The van der Waals surface area contributed by atoms with E-state index < -0.39 is 27.7 Å². The van der Waals surface area contributed by atoms with E-state index in [-0.39, 0.29) is 21.2 Å². The predicted octanol–water partition coefficient (Wildman–Crippen LogP) is 5.72. The van der Waals surface area contributed by atoms with E-state index in [2.05, 4.69) is 10.0 Å². The number of rotatable bonds is 5.